The van der Waals surface area contributed by atoms with Crippen LogP contribution in [0, 0.1) is 11.5 Å². The van der Waals surface area contributed by atoms with Gasteiger partial charge in [-0.1, -0.05) is 51.8 Å². The number of amides is 2. The number of Topliss-reactive ketones (excluding diaryl/α,β-unsaturated/α-hetero) is 1. The highest BCUT2D eigenvalue weighted by Crippen LogP contribution is 2.16. The highest BCUT2D eigenvalue weighted by Gasteiger charge is 2.29. The summed E-state index contributed by atoms with van der Waals surface area (Å²) in [6.07, 6.45) is 14.3. The van der Waals surface area contributed by atoms with Crippen molar-refractivity contribution in [2.45, 2.75) is 136 Å². The van der Waals surface area contributed by atoms with E-state index in [2.05, 4.69) is 46.4 Å². The summed E-state index contributed by atoms with van der Waals surface area (Å²) in [4.78, 5) is 60.0. The van der Waals surface area contributed by atoms with Crippen molar-refractivity contribution in [1.29, 1.82) is 5.26 Å². The number of nitrogens with zero attached hydrogens (tertiary/aromatic N) is 2. The Hall–Kier alpha value is -3.95. The highest BCUT2D eigenvalue weighted by atomic mass is 28.4. The quantitative estimate of drug-likeness (QED) is 0.0139. The zero-order valence-corrected chi connectivity index (χ0v) is 44.8. The van der Waals surface area contributed by atoms with Gasteiger partial charge in [-0.3, -0.25) is 4.79 Å². The molecule has 0 unspecified atom stereocenters. The number of nitrogens with two attached hydrogens (primary N) is 1. The summed E-state index contributed by atoms with van der Waals surface area (Å²) in [6, 6.07) is 1.63. The Morgan fingerprint density at radius 2 is 1.01 bits per heavy atom. The normalized spacial score (nSPS) is 10.8. The average molecular weight is 988 g/mol. The second kappa shape index (κ2) is 44.6. The Balaban J connectivity index is -0.00000119. The number of carbonyl (C=O) groups excluding carboxylic acids is 5. The summed E-state index contributed by atoms with van der Waals surface area (Å²) in [6.45, 7) is 24.2. The summed E-state index contributed by atoms with van der Waals surface area (Å²) in [5.74, 6) is -1.18. The van der Waals surface area contributed by atoms with Crippen LogP contribution < -0.4 is 16.4 Å². The molecule has 18 nitrogen and oxygen atoms in total. The molecule has 0 aliphatic heterocycles. The molecule has 0 aliphatic carbocycles. The third-order valence-electron chi connectivity index (χ3n) is 10.2. The van der Waals surface area contributed by atoms with E-state index in [1.807, 2.05) is 6.55 Å². The van der Waals surface area contributed by atoms with Gasteiger partial charge in [-0.25, -0.2) is 19.2 Å². The summed E-state index contributed by atoms with van der Waals surface area (Å²) < 4.78 is 40.9. The molecule has 0 aromatic rings. The molecule has 0 heterocycles. The van der Waals surface area contributed by atoms with Gasteiger partial charge in [0.2, 0.25) is 0 Å². The largest absolute Gasteiger partial charge is 0.462 e. The molecule has 0 saturated carbocycles. The molecule has 0 aliphatic rings. The number of esters is 3. The smallest absolute Gasteiger partial charge is 0.334 e. The van der Waals surface area contributed by atoms with Gasteiger partial charge in [-0.2, -0.15) is 5.26 Å². The molecule has 388 valence electrons. The number of unbranched alkanes of at least 4 members (excludes halogenated alkanes) is 7. The molecule has 0 spiro atoms. The Morgan fingerprint density at radius 1 is 0.567 bits per heavy atom. The number of ketones is 1. The van der Waals surface area contributed by atoms with Gasteiger partial charge in [0.05, 0.1) is 13.2 Å². The van der Waals surface area contributed by atoms with E-state index < -0.39 is 35.0 Å². The number of hydrogen-bond acceptors (Lipinski definition) is 16. The van der Waals surface area contributed by atoms with Crippen LogP contribution in [0.25, 0.3) is 0 Å². The zero-order chi connectivity index (χ0) is 51.4. The van der Waals surface area contributed by atoms with Crippen molar-refractivity contribution in [2.75, 3.05) is 94.1 Å². The lowest BCUT2D eigenvalue weighted by Gasteiger charge is -2.26. The number of ether oxygens (including phenoxy) is 4. The lowest BCUT2D eigenvalue weighted by Crippen LogP contribution is -2.43. The molecule has 0 aromatic heterocycles. The molecule has 0 aromatic carbocycles. The van der Waals surface area contributed by atoms with Crippen LogP contribution in [0.1, 0.15) is 111 Å². The first-order valence-corrected chi connectivity index (χ1v) is 28.5. The molecule has 0 atom stereocenters. The van der Waals surface area contributed by atoms with Crippen molar-refractivity contribution in [1.82, 2.24) is 15.5 Å². The fourth-order valence-corrected chi connectivity index (χ4v) is 8.38. The van der Waals surface area contributed by atoms with E-state index in [1.165, 1.54) is 25.5 Å². The van der Waals surface area contributed by atoms with Gasteiger partial charge in [0.25, 0.3) is 6.26 Å². The van der Waals surface area contributed by atoms with Gasteiger partial charge >= 0.3 is 41.1 Å². The number of nitriles is 1. The van der Waals surface area contributed by atoms with Crippen LogP contribution in [0.15, 0.2) is 36.5 Å². The van der Waals surface area contributed by atoms with Crippen LogP contribution in [0.3, 0.4) is 0 Å². The lowest BCUT2D eigenvalue weighted by atomic mass is 10.1. The standard InChI is InChI=1S/C28H50N2O8Si.C12H30N2O2Si.C7H9NO3/c1-23(2)26(32)37-20-13-16-25(31)15-11-9-8-10-12-18-30(19-14-22-39(7,35-5)36-6)28(34)29-17-21-38-27(33)24(3)4;1-15-17(3,16-2)12-8-11-14-10-7-5-4-6-9-13;1-6(2)7(9)11-4-3-10-5-8/h1,3,8-22H2,2,4-7H3,(H,29,34);14H,4-13H2,1-3H3;1,3-4H2,2H3. The van der Waals surface area contributed by atoms with E-state index in [9.17, 15) is 24.0 Å². The summed E-state index contributed by atoms with van der Waals surface area (Å²) in [7, 11) is 2.76. The van der Waals surface area contributed by atoms with E-state index >= 15 is 0 Å². The molecule has 0 radical (unpaired) electrons. The van der Waals surface area contributed by atoms with E-state index in [-0.39, 0.29) is 44.8 Å². The second-order valence-electron chi connectivity index (χ2n) is 16.3. The molecular weight excluding hydrogens is 899 g/mol. The topological polar surface area (TPSA) is 236 Å². The van der Waals surface area contributed by atoms with E-state index in [0.29, 0.717) is 49.1 Å². The number of carbonyl (C=O) groups is 5. The molecule has 0 fully saturated rings. The van der Waals surface area contributed by atoms with Gasteiger partial charge in [-0.15, -0.1) is 0 Å². The third-order valence-corrected chi connectivity index (χ3v) is 16.2. The van der Waals surface area contributed by atoms with Crippen LogP contribution >= 0.6 is 0 Å². The summed E-state index contributed by atoms with van der Waals surface area (Å²) >= 11 is 0. The number of rotatable bonds is 39. The van der Waals surface area contributed by atoms with Gasteiger partial charge in [0.1, 0.15) is 25.6 Å². The lowest BCUT2D eigenvalue weighted by molar-refractivity contribution is -0.140. The van der Waals surface area contributed by atoms with Gasteiger partial charge in [0, 0.05) is 71.1 Å². The van der Waals surface area contributed by atoms with Crippen molar-refractivity contribution in [3.8, 4) is 6.26 Å². The highest BCUT2D eigenvalue weighted by molar-refractivity contribution is 6.66. The first-order valence-electron chi connectivity index (χ1n) is 23.5. The van der Waals surface area contributed by atoms with Crippen molar-refractivity contribution in [2.24, 2.45) is 5.73 Å². The molecule has 4 N–H and O–H groups in total. The van der Waals surface area contributed by atoms with Gasteiger partial charge < -0.3 is 57.9 Å². The minimum Gasteiger partial charge on any atom is -0.462 e. The first kappa shape index (κ1) is 67.3. The average Bonchev–Trinajstić information content (AvgIpc) is 3.31. The van der Waals surface area contributed by atoms with Crippen LogP contribution in [0.4, 0.5) is 4.79 Å². The fraction of sp³-hybridized carbons (Fsp3) is 0.745. The second-order valence-corrected chi connectivity index (χ2v) is 23.5. The van der Waals surface area contributed by atoms with E-state index in [1.54, 1.807) is 54.1 Å². The van der Waals surface area contributed by atoms with Crippen LogP contribution in [-0.2, 0) is 55.8 Å². The van der Waals surface area contributed by atoms with Crippen molar-refractivity contribution in [3.05, 3.63) is 36.5 Å². The monoisotopic (exact) mass is 988 g/mol. The molecule has 20 heteroatoms. The fourth-order valence-electron chi connectivity index (χ4n) is 5.61. The Bertz CT molecular complexity index is 1440. The van der Waals surface area contributed by atoms with Crippen LogP contribution in [0.2, 0.25) is 25.2 Å². The maximum atomic E-state index is 12.8. The van der Waals surface area contributed by atoms with Crippen molar-refractivity contribution in [3.63, 3.8) is 0 Å². The molecule has 67 heavy (non-hydrogen) atoms. The molecule has 2 amide bonds. The number of hydrogen-bond donors (Lipinski definition) is 3. The van der Waals surface area contributed by atoms with E-state index in [0.717, 1.165) is 83.1 Å². The zero-order valence-electron chi connectivity index (χ0n) is 42.8. The number of nitrogens with one attached hydrogen (secondary N) is 2. The van der Waals surface area contributed by atoms with Crippen molar-refractivity contribution >= 4 is 46.8 Å². The molecule has 0 bridgehead atoms. The predicted octanol–water partition coefficient (Wildman–Crippen LogP) is 7.13. The van der Waals surface area contributed by atoms with Crippen LogP contribution in [-0.4, -0.2) is 146 Å². The molecular formula is C47H89N5O13Si2. The number of urea groups is 1. The molecule has 0 saturated heterocycles. The maximum Gasteiger partial charge on any atom is 0.334 e. The minimum atomic E-state index is -2.21. The SMILES string of the molecule is C=C(C)C(=O)OCCCC(=O)CCCCCCCN(CCC[Si](C)(OC)OC)C(=O)NCCOC(=O)C(=C)C.C=C(C)C(=O)OCCOC#N.CO[Si](C)(CCCNCCCCCCN)OC. The van der Waals surface area contributed by atoms with E-state index in [4.69, 9.17) is 38.2 Å². The predicted molar refractivity (Wildman–Crippen MR) is 266 cm³/mol. The van der Waals surface area contributed by atoms with Gasteiger partial charge in [0.15, 0.2) is 0 Å². The summed E-state index contributed by atoms with van der Waals surface area (Å²) in [5, 5.41) is 14.2. The summed E-state index contributed by atoms with van der Waals surface area (Å²) in [5.41, 5.74) is 6.45. The third kappa shape index (κ3) is 41.9. The Morgan fingerprint density at radius 3 is 1.55 bits per heavy atom. The van der Waals surface area contributed by atoms with Crippen molar-refractivity contribution < 1.29 is 60.6 Å². The minimum absolute atomic E-state index is 0.0826. The molecule has 0 rings (SSSR count). The maximum absolute atomic E-state index is 12.8. The van der Waals surface area contributed by atoms with Crippen LogP contribution in [0.5, 0.6) is 0 Å². The van der Waals surface area contributed by atoms with Gasteiger partial charge in [-0.05, 0) is 111 Å². The first-order chi connectivity index (χ1) is 31.8. The Labute approximate surface area is 405 Å². The Kier molecular flexibility index (Phi) is 44.8.